The fourth-order valence-corrected chi connectivity index (χ4v) is 3.79. The number of carbonyl (C=O) groups excluding carboxylic acids is 1. The van der Waals surface area contributed by atoms with Crippen LogP contribution in [0.25, 0.3) is 22.0 Å². The van der Waals surface area contributed by atoms with Crippen LogP contribution in [0.15, 0.2) is 52.6 Å². The van der Waals surface area contributed by atoms with Gasteiger partial charge in [0.15, 0.2) is 5.16 Å². The molecular formula is C20H17N3O2S2. The van der Waals surface area contributed by atoms with E-state index in [-0.39, 0.29) is 11.7 Å². The molecule has 27 heavy (non-hydrogen) atoms. The van der Waals surface area contributed by atoms with Crippen LogP contribution in [0.3, 0.4) is 0 Å². The normalized spacial score (nSPS) is 10.6. The lowest BCUT2D eigenvalue weighted by Crippen LogP contribution is -2.08. The maximum Gasteiger partial charge on any atom is 0.316 e. The summed E-state index contributed by atoms with van der Waals surface area (Å²) < 4.78 is 4.97. The lowest BCUT2D eigenvalue weighted by molar-refractivity contribution is -0.139. The number of carbonyl (C=O) groups is 1. The molecule has 0 aliphatic rings. The third-order valence-corrected chi connectivity index (χ3v) is 5.30. The van der Waals surface area contributed by atoms with Gasteiger partial charge in [-0.3, -0.25) is 4.79 Å². The van der Waals surface area contributed by atoms with Gasteiger partial charge in [-0.1, -0.05) is 59.9 Å². The third kappa shape index (κ3) is 4.41. The molecule has 0 fully saturated rings. The number of ether oxygens (including phenoxy) is 1. The number of nitrogens with zero attached hydrogens (tertiary/aromatic N) is 3. The molecule has 1 heterocycles. The van der Waals surface area contributed by atoms with Crippen molar-refractivity contribution in [1.82, 2.24) is 9.97 Å². The number of esters is 1. The molecule has 0 radical (unpaired) electrons. The summed E-state index contributed by atoms with van der Waals surface area (Å²) in [5, 5.41) is 13.0. The van der Waals surface area contributed by atoms with Crippen LogP contribution in [0, 0.1) is 11.3 Å². The summed E-state index contributed by atoms with van der Waals surface area (Å²) >= 11 is 2.60. The largest absolute Gasteiger partial charge is 0.465 e. The molecule has 0 aliphatic heterocycles. The highest BCUT2D eigenvalue weighted by atomic mass is 32.2. The molecule has 0 bridgehead atoms. The number of nitriles is 1. The Hall–Kier alpha value is -2.56. The SMILES string of the molecule is CCOC(=O)CSc1nc(SC)nc(-c2ccc3ccccc3c2)c1C#N. The second kappa shape index (κ2) is 8.89. The molecule has 0 unspecified atom stereocenters. The van der Waals surface area contributed by atoms with Crippen molar-refractivity contribution in [3.8, 4) is 17.3 Å². The Bertz CT molecular complexity index is 1030. The highest BCUT2D eigenvalue weighted by Crippen LogP contribution is 2.32. The Labute approximate surface area is 166 Å². The minimum absolute atomic E-state index is 0.102. The predicted molar refractivity (Wildman–Crippen MR) is 109 cm³/mol. The van der Waals surface area contributed by atoms with Crippen molar-refractivity contribution < 1.29 is 9.53 Å². The summed E-state index contributed by atoms with van der Waals surface area (Å²) in [4.78, 5) is 20.7. The zero-order valence-electron chi connectivity index (χ0n) is 14.9. The molecule has 136 valence electrons. The van der Waals surface area contributed by atoms with E-state index in [1.165, 1.54) is 23.5 Å². The van der Waals surface area contributed by atoms with Crippen molar-refractivity contribution in [2.24, 2.45) is 0 Å². The van der Waals surface area contributed by atoms with E-state index in [0.29, 0.717) is 28.0 Å². The molecule has 3 rings (SSSR count). The van der Waals surface area contributed by atoms with Gasteiger partial charge in [-0.05, 0) is 30.0 Å². The van der Waals surface area contributed by atoms with Crippen LogP contribution in [0.2, 0.25) is 0 Å². The van der Waals surface area contributed by atoms with Crippen LogP contribution in [0.1, 0.15) is 12.5 Å². The maximum atomic E-state index is 11.7. The standard InChI is InChI=1S/C20H17N3O2S2/c1-3-25-17(24)12-27-19-16(11-21)18(22-20(23-19)26-2)15-9-8-13-6-4-5-7-14(13)10-15/h4-10H,3,12H2,1-2H3. The van der Waals surface area contributed by atoms with Gasteiger partial charge < -0.3 is 4.74 Å². The van der Waals surface area contributed by atoms with Crippen LogP contribution in [-0.4, -0.2) is 34.6 Å². The van der Waals surface area contributed by atoms with Crippen LogP contribution < -0.4 is 0 Å². The molecule has 0 atom stereocenters. The first kappa shape index (κ1) is 19.2. The number of benzene rings is 2. The topological polar surface area (TPSA) is 75.9 Å². The van der Waals surface area contributed by atoms with Crippen molar-refractivity contribution in [2.75, 3.05) is 18.6 Å². The first-order valence-corrected chi connectivity index (χ1v) is 10.5. The Morgan fingerprint density at radius 1 is 1.19 bits per heavy atom. The van der Waals surface area contributed by atoms with Crippen molar-refractivity contribution in [3.05, 3.63) is 48.0 Å². The van der Waals surface area contributed by atoms with Crippen molar-refractivity contribution in [2.45, 2.75) is 17.1 Å². The number of rotatable bonds is 6. The van der Waals surface area contributed by atoms with Crippen LogP contribution in [0.4, 0.5) is 0 Å². The van der Waals surface area contributed by atoms with Crippen LogP contribution >= 0.6 is 23.5 Å². The predicted octanol–water partition coefficient (Wildman–Crippen LogP) is 4.55. The van der Waals surface area contributed by atoms with E-state index in [4.69, 9.17) is 4.74 Å². The molecule has 5 nitrogen and oxygen atoms in total. The van der Waals surface area contributed by atoms with Crippen LogP contribution in [-0.2, 0) is 9.53 Å². The van der Waals surface area contributed by atoms with Crippen molar-refractivity contribution in [3.63, 3.8) is 0 Å². The summed E-state index contributed by atoms with van der Waals surface area (Å²) in [6, 6.07) is 16.2. The molecule has 0 saturated carbocycles. The van der Waals surface area contributed by atoms with Gasteiger partial charge in [0.25, 0.3) is 0 Å². The number of thioether (sulfide) groups is 2. The Morgan fingerprint density at radius 2 is 1.96 bits per heavy atom. The Morgan fingerprint density at radius 3 is 2.67 bits per heavy atom. The van der Waals surface area contributed by atoms with Crippen molar-refractivity contribution in [1.29, 1.82) is 5.26 Å². The molecule has 0 spiro atoms. The van der Waals surface area contributed by atoms with E-state index < -0.39 is 0 Å². The smallest absolute Gasteiger partial charge is 0.316 e. The van der Waals surface area contributed by atoms with Gasteiger partial charge in [-0.25, -0.2) is 9.97 Å². The lowest BCUT2D eigenvalue weighted by Gasteiger charge is -2.11. The average Bonchev–Trinajstić information content (AvgIpc) is 2.71. The molecule has 7 heteroatoms. The number of aromatic nitrogens is 2. The van der Waals surface area contributed by atoms with Gasteiger partial charge in [0, 0.05) is 5.56 Å². The van der Waals surface area contributed by atoms with E-state index >= 15 is 0 Å². The van der Waals surface area contributed by atoms with E-state index in [1.807, 2.05) is 48.7 Å². The summed E-state index contributed by atoms with van der Waals surface area (Å²) in [6.45, 7) is 2.09. The van der Waals surface area contributed by atoms with E-state index in [0.717, 1.165) is 16.3 Å². The zero-order valence-corrected chi connectivity index (χ0v) is 16.6. The molecule has 0 amide bonds. The van der Waals surface area contributed by atoms with Gasteiger partial charge in [-0.15, -0.1) is 0 Å². The number of hydrogen-bond acceptors (Lipinski definition) is 7. The molecule has 0 N–H and O–H groups in total. The minimum atomic E-state index is -0.331. The molecule has 0 aliphatic carbocycles. The summed E-state index contributed by atoms with van der Waals surface area (Å²) in [7, 11) is 0. The Kier molecular flexibility index (Phi) is 6.32. The fraction of sp³-hybridized carbons (Fsp3) is 0.200. The van der Waals surface area contributed by atoms with Gasteiger partial charge in [0.2, 0.25) is 0 Å². The lowest BCUT2D eigenvalue weighted by atomic mass is 10.0. The molecule has 1 aromatic heterocycles. The summed E-state index contributed by atoms with van der Waals surface area (Å²) in [5.41, 5.74) is 1.80. The van der Waals surface area contributed by atoms with Crippen molar-refractivity contribution >= 4 is 40.3 Å². The summed E-state index contributed by atoms with van der Waals surface area (Å²) in [5.74, 6) is -0.229. The Balaban J connectivity index is 2.06. The first-order chi connectivity index (χ1) is 13.2. The average molecular weight is 396 g/mol. The monoisotopic (exact) mass is 395 g/mol. The highest BCUT2D eigenvalue weighted by Gasteiger charge is 2.18. The molecule has 0 saturated heterocycles. The number of fused-ring (bicyclic) bond motifs is 1. The van der Waals surface area contributed by atoms with Gasteiger partial charge in [0.1, 0.15) is 16.7 Å². The quantitative estimate of drug-likeness (QED) is 0.262. The minimum Gasteiger partial charge on any atom is -0.465 e. The van der Waals surface area contributed by atoms with E-state index in [1.54, 1.807) is 6.92 Å². The molecular weight excluding hydrogens is 378 g/mol. The summed E-state index contributed by atoms with van der Waals surface area (Å²) in [6.07, 6.45) is 1.88. The first-order valence-electron chi connectivity index (χ1n) is 8.30. The fourth-order valence-electron chi connectivity index (χ4n) is 2.59. The van der Waals surface area contributed by atoms with Gasteiger partial charge in [0.05, 0.1) is 18.1 Å². The second-order valence-corrected chi connectivity index (χ2v) is 7.24. The van der Waals surface area contributed by atoms with Gasteiger partial charge in [-0.2, -0.15) is 5.26 Å². The zero-order chi connectivity index (χ0) is 19.2. The third-order valence-electron chi connectivity index (χ3n) is 3.80. The van der Waals surface area contributed by atoms with E-state index in [2.05, 4.69) is 16.0 Å². The van der Waals surface area contributed by atoms with Gasteiger partial charge >= 0.3 is 5.97 Å². The second-order valence-electron chi connectivity index (χ2n) is 5.51. The van der Waals surface area contributed by atoms with Crippen LogP contribution in [0.5, 0.6) is 0 Å². The number of hydrogen-bond donors (Lipinski definition) is 0. The molecule has 2 aromatic carbocycles. The van der Waals surface area contributed by atoms with E-state index in [9.17, 15) is 10.1 Å². The molecule has 3 aromatic rings. The maximum absolute atomic E-state index is 11.7. The highest BCUT2D eigenvalue weighted by molar-refractivity contribution is 8.00.